The maximum atomic E-state index is 3.67. The highest BCUT2D eigenvalue weighted by atomic mass is 14.8. The minimum absolute atomic E-state index is 1.10. The van der Waals surface area contributed by atoms with Gasteiger partial charge in [-0.1, -0.05) is 135 Å². The van der Waals surface area contributed by atoms with E-state index in [1.165, 1.54) is 128 Å². The van der Waals surface area contributed by atoms with E-state index in [-0.39, 0.29) is 0 Å². The molecule has 1 N–H and O–H groups in total. The standard InChI is InChI=1S/C24H49N/c1-3-5-6-7-8-9-10-11-12-13-14-15-16-17-18-19-20-21-22-23-24-25-4-2/h4,25H,2-3,5-24H2,1H3. The Morgan fingerprint density at radius 1 is 0.480 bits per heavy atom. The van der Waals surface area contributed by atoms with Gasteiger partial charge >= 0.3 is 0 Å². The van der Waals surface area contributed by atoms with Crippen molar-refractivity contribution < 1.29 is 0 Å². The molecule has 0 radical (unpaired) electrons. The molecule has 0 spiro atoms. The van der Waals surface area contributed by atoms with E-state index in [0.717, 1.165) is 6.54 Å². The molecule has 0 bridgehead atoms. The van der Waals surface area contributed by atoms with Gasteiger partial charge in [0.1, 0.15) is 0 Å². The molecule has 0 saturated carbocycles. The van der Waals surface area contributed by atoms with Crippen molar-refractivity contribution in [3.05, 3.63) is 12.8 Å². The lowest BCUT2D eigenvalue weighted by Gasteiger charge is -2.04. The predicted octanol–water partition coefficient (Wildman–Crippen LogP) is 8.54. The quantitative estimate of drug-likeness (QED) is 0.193. The van der Waals surface area contributed by atoms with Gasteiger partial charge in [0.2, 0.25) is 0 Å². The van der Waals surface area contributed by atoms with E-state index in [4.69, 9.17) is 0 Å². The highest BCUT2D eigenvalue weighted by molar-refractivity contribution is 4.62. The Kier molecular flexibility index (Phi) is 23.1. The van der Waals surface area contributed by atoms with Gasteiger partial charge in [0.15, 0.2) is 0 Å². The molecule has 0 unspecified atom stereocenters. The first-order chi connectivity index (χ1) is 12.4. The van der Waals surface area contributed by atoms with Gasteiger partial charge in [-0.25, -0.2) is 0 Å². The van der Waals surface area contributed by atoms with Gasteiger partial charge in [0.05, 0.1) is 0 Å². The lowest BCUT2D eigenvalue weighted by Crippen LogP contribution is -2.05. The molecule has 25 heavy (non-hydrogen) atoms. The summed E-state index contributed by atoms with van der Waals surface area (Å²) in [6, 6.07) is 0. The first kappa shape index (κ1) is 24.5. The molecule has 0 aromatic heterocycles. The van der Waals surface area contributed by atoms with Crippen LogP contribution < -0.4 is 5.32 Å². The summed E-state index contributed by atoms with van der Waals surface area (Å²) in [5.74, 6) is 0. The van der Waals surface area contributed by atoms with E-state index >= 15 is 0 Å². The number of rotatable bonds is 22. The predicted molar refractivity (Wildman–Crippen MR) is 116 cm³/mol. The highest BCUT2D eigenvalue weighted by Crippen LogP contribution is 2.14. The molecule has 0 amide bonds. The zero-order chi connectivity index (χ0) is 18.3. The van der Waals surface area contributed by atoms with Crippen LogP contribution in [-0.2, 0) is 0 Å². The lowest BCUT2D eigenvalue weighted by molar-refractivity contribution is 0.521. The molecule has 0 rings (SSSR count). The number of unbranched alkanes of at least 4 members (excludes halogenated alkanes) is 19. The van der Waals surface area contributed by atoms with E-state index in [1.807, 2.05) is 0 Å². The molecule has 0 aliphatic rings. The third-order valence-electron chi connectivity index (χ3n) is 5.32. The molecule has 0 aromatic rings. The van der Waals surface area contributed by atoms with Gasteiger partial charge in [-0.05, 0) is 12.6 Å². The van der Waals surface area contributed by atoms with Crippen LogP contribution in [0.2, 0.25) is 0 Å². The van der Waals surface area contributed by atoms with Crippen LogP contribution in [0.15, 0.2) is 12.8 Å². The molecule has 1 nitrogen and oxygen atoms in total. The Morgan fingerprint density at radius 2 is 0.760 bits per heavy atom. The number of hydrogen-bond acceptors (Lipinski definition) is 1. The second kappa shape index (κ2) is 23.5. The largest absolute Gasteiger partial charge is 0.391 e. The van der Waals surface area contributed by atoms with Crippen molar-refractivity contribution in [2.45, 2.75) is 135 Å². The van der Waals surface area contributed by atoms with Crippen molar-refractivity contribution in [2.75, 3.05) is 6.54 Å². The third-order valence-corrected chi connectivity index (χ3v) is 5.32. The second-order valence-electron chi connectivity index (χ2n) is 7.88. The Balaban J connectivity index is 2.95. The summed E-state index contributed by atoms with van der Waals surface area (Å²) in [6.07, 6.45) is 30.8. The van der Waals surface area contributed by atoms with Crippen molar-refractivity contribution in [1.29, 1.82) is 0 Å². The molecule has 1 heteroatoms. The summed E-state index contributed by atoms with van der Waals surface area (Å²) in [7, 11) is 0. The number of hydrogen-bond donors (Lipinski definition) is 1. The summed E-state index contributed by atoms with van der Waals surface area (Å²) in [5.41, 5.74) is 0. The van der Waals surface area contributed by atoms with E-state index < -0.39 is 0 Å². The minimum atomic E-state index is 1.10. The minimum Gasteiger partial charge on any atom is -0.391 e. The second-order valence-corrected chi connectivity index (χ2v) is 7.88. The third kappa shape index (κ3) is 23.5. The molecule has 0 heterocycles. The molecule has 0 saturated heterocycles. The Bertz CT molecular complexity index is 236. The van der Waals surface area contributed by atoms with Gasteiger partial charge in [0.25, 0.3) is 0 Å². The summed E-state index contributed by atoms with van der Waals surface area (Å²) < 4.78 is 0. The van der Waals surface area contributed by atoms with Crippen LogP contribution >= 0.6 is 0 Å². The van der Waals surface area contributed by atoms with Crippen molar-refractivity contribution in [3.63, 3.8) is 0 Å². The van der Waals surface area contributed by atoms with E-state index in [2.05, 4.69) is 18.8 Å². The first-order valence-electron chi connectivity index (χ1n) is 11.8. The molecular formula is C24H49N. The van der Waals surface area contributed by atoms with Crippen LogP contribution in [0, 0.1) is 0 Å². The Hall–Kier alpha value is -0.460. The van der Waals surface area contributed by atoms with Crippen LogP contribution in [0.3, 0.4) is 0 Å². The van der Waals surface area contributed by atoms with Crippen molar-refractivity contribution in [3.8, 4) is 0 Å². The van der Waals surface area contributed by atoms with Crippen LogP contribution in [0.25, 0.3) is 0 Å². The summed E-state index contributed by atoms with van der Waals surface area (Å²) in [6.45, 7) is 7.07. The van der Waals surface area contributed by atoms with E-state index in [0.29, 0.717) is 0 Å². The van der Waals surface area contributed by atoms with E-state index in [1.54, 1.807) is 6.20 Å². The summed E-state index contributed by atoms with van der Waals surface area (Å²) >= 11 is 0. The summed E-state index contributed by atoms with van der Waals surface area (Å²) in [5, 5.41) is 3.17. The van der Waals surface area contributed by atoms with Crippen molar-refractivity contribution >= 4 is 0 Å². The fraction of sp³-hybridized carbons (Fsp3) is 0.917. The average molecular weight is 352 g/mol. The molecule has 0 aliphatic carbocycles. The first-order valence-corrected chi connectivity index (χ1v) is 11.8. The van der Waals surface area contributed by atoms with Crippen molar-refractivity contribution in [1.82, 2.24) is 5.32 Å². The van der Waals surface area contributed by atoms with Gasteiger partial charge in [0, 0.05) is 6.54 Å². The fourth-order valence-electron chi connectivity index (χ4n) is 3.58. The zero-order valence-corrected chi connectivity index (χ0v) is 17.6. The van der Waals surface area contributed by atoms with Gasteiger partial charge in [-0.2, -0.15) is 0 Å². The average Bonchev–Trinajstić information content (AvgIpc) is 2.63. The van der Waals surface area contributed by atoms with Gasteiger partial charge in [-0.15, -0.1) is 0 Å². The topological polar surface area (TPSA) is 12.0 Å². The lowest BCUT2D eigenvalue weighted by atomic mass is 10.0. The van der Waals surface area contributed by atoms with Gasteiger partial charge < -0.3 is 5.32 Å². The fourth-order valence-corrected chi connectivity index (χ4v) is 3.58. The summed E-state index contributed by atoms with van der Waals surface area (Å²) in [4.78, 5) is 0. The Morgan fingerprint density at radius 3 is 1.04 bits per heavy atom. The van der Waals surface area contributed by atoms with Crippen LogP contribution in [-0.4, -0.2) is 6.54 Å². The number of nitrogens with one attached hydrogen (secondary N) is 1. The molecule has 0 atom stereocenters. The Labute approximate surface area is 160 Å². The maximum absolute atomic E-state index is 3.67. The SMILES string of the molecule is C=CNCCCCCCCCCCCCCCCCCCCCCC. The van der Waals surface area contributed by atoms with Crippen LogP contribution in [0.1, 0.15) is 135 Å². The zero-order valence-electron chi connectivity index (χ0n) is 17.6. The normalized spacial score (nSPS) is 10.9. The smallest absolute Gasteiger partial charge is 0.0141 e. The van der Waals surface area contributed by atoms with Gasteiger partial charge in [-0.3, -0.25) is 0 Å². The van der Waals surface area contributed by atoms with Crippen LogP contribution in [0.5, 0.6) is 0 Å². The molecular weight excluding hydrogens is 302 g/mol. The molecule has 0 aromatic carbocycles. The van der Waals surface area contributed by atoms with Crippen LogP contribution in [0.4, 0.5) is 0 Å². The maximum Gasteiger partial charge on any atom is 0.0141 e. The molecule has 150 valence electrons. The van der Waals surface area contributed by atoms with E-state index in [9.17, 15) is 0 Å². The monoisotopic (exact) mass is 351 g/mol. The molecule has 0 fully saturated rings. The highest BCUT2D eigenvalue weighted by Gasteiger charge is 1.95. The molecule has 0 aliphatic heterocycles. The van der Waals surface area contributed by atoms with Crippen molar-refractivity contribution in [2.24, 2.45) is 0 Å².